The van der Waals surface area contributed by atoms with E-state index in [0.29, 0.717) is 5.75 Å². The number of halogens is 1. The summed E-state index contributed by atoms with van der Waals surface area (Å²) in [6.45, 7) is 0. The van der Waals surface area contributed by atoms with Gasteiger partial charge in [0.15, 0.2) is 5.78 Å². The summed E-state index contributed by atoms with van der Waals surface area (Å²) in [6, 6.07) is 4.81. The van der Waals surface area contributed by atoms with Gasteiger partial charge in [-0.2, -0.15) is 0 Å². The van der Waals surface area contributed by atoms with Crippen LogP contribution in [0.25, 0.3) is 0 Å². The van der Waals surface area contributed by atoms with Crippen LogP contribution < -0.4 is 4.74 Å². The van der Waals surface area contributed by atoms with Crippen molar-refractivity contribution in [3.63, 3.8) is 0 Å². The third-order valence-electron chi connectivity index (χ3n) is 2.02. The van der Waals surface area contributed by atoms with Crippen LogP contribution in [-0.4, -0.2) is 26.0 Å². The van der Waals surface area contributed by atoms with Gasteiger partial charge < -0.3 is 9.47 Å². The van der Waals surface area contributed by atoms with Gasteiger partial charge in [-0.25, -0.2) is 0 Å². The number of Topliss-reactive ketones (excluding diaryl/α,β-unsaturated/α-hetero) is 1. The van der Waals surface area contributed by atoms with Gasteiger partial charge in [0.1, 0.15) is 12.2 Å². The van der Waals surface area contributed by atoms with E-state index >= 15 is 0 Å². The summed E-state index contributed by atoms with van der Waals surface area (Å²) in [4.78, 5) is 22.6. The highest BCUT2D eigenvalue weighted by molar-refractivity contribution is 6.35. The molecule has 0 radical (unpaired) electrons. The lowest BCUT2D eigenvalue weighted by molar-refractivity contribution is -0.139. The van der Waals surface area contributed by atoms with Crippen molar-refractivity contribution < 1.29 is 19.1 Å². The second-order valence-corrected chi connectivity index (χ2v) is 3.38. The Bertz CT molecular complexity index is 414. The molecule has 1 aromatic carbocycles. The summed E-state index contributed by atoms with van der Waals surface area (Å²) in [7, 11) is 2.68. The summed E-state index contributed by atoms with van der Waals surface area (Å²) < 4.78 is 9.37. The molecule has 0 bridgehead atoms. The largest absolute Gasteiger partial charge is 0.495 e. The Morgan fingerprint density at radius 2 is 2.00 bits per heavy atom. The average molecular weight is 243 g/mol. The molecular formula is C11H11ClO4. The van der Waals surface area contributed by atoms with Gasteiger partial charge in [0.25, 0.3) is 0 Å². The van der Waals surface area contributed by atoms with E-state index < -0.39 is 11.8 Å². The van der Waals surface area contributed by atoms with E-state index in [2.05, 4.69) is 4.74 Å². The van der Waals surface area contributed by atoms with Gasteiger partial charge in [0, 0.05) is 5.56 Å². The number of ether oxygens (including phenoxy) is 2. The van der Waals surface area contributed by atoms with E-state index in [1.807, 2.05) is 0 Å². The van der Waals surface area contributed by atoms with Crippen LogP contribution in [0.1, 0.15) is 16.8 Å². The highest BCUT2D eigenvalue weighted by atomic mass is 35.5. The van der Waals surface area contributed by atoms with E-state index in [1.54, 1.807) is 12.1 Å². The molecule has 0 aromatic heterocycles. The molecule has 0 aliphatic heterocycles. The topological polar surface area (TPSA) is 52.6 Å². The molecule has 0 amide bonds. The summed E-state index contributed by atoms with van der Waals surface area (Å²) in [5.41, 5.74) is 0.256. The van der Waals surface area contributed by atoms with Crippen LogP contribution >= 0.6 is 11.6 Å². The van der Waals surface area contributed by atoms with Crippen LogP contribution in [0.15, 0.2) is 18.2 Å². The van der Waals surface area contributed by atoms with E-state index in [0.717, 1.165) is 0 Å². The molecule has 1 aromatic rings. The molecule has 0 spiro atoms. The van der Waals surface area contributed by atoms with Crippen LogP contribution in [0.5, 0.6) is 5.75 Å². The minimum atomic E-state index is -0.594. The Kier molecular flexibility index (Phi) is 4.31. The molecule has 0 heterocycles. The zero-order chi connectivity index (χ0) is 12.1. The predicted molar refractivity (Wildman–Crippen MR) is 59.0 cm³/mol. The molecule has 86 valence electrons. The third kappa shape index (κ3) is 2.73. The third-order valence-corrected chi connectivity index (χ3v) is 2.41. The van der Waals surface area contributed by atoms with Crippen molar-refractivity contribution in [1.29, 1.82) is 0 Å². The monoisotopic (exact) mass is 242 g/mol. The van der Waals surface area contributed by atoms with Crippen molar-refractivity contribution in [3.05, 3.63) is 28.8 Å². The van der Waals surface area contributed by atoms with Crippen LogP contribution in [0.3, 0.4) is 0 Å². The Balaban J connectivity index is 2.96. The maximum absolute atomic E-state index is 11.7. The number of rotatable bonds is 4. The molecule has 0 fully saturated rings. The fourth-order valence-electron chi connectivity index (χ4n) is 1.18. The summed E-state index contributed by atoms with van der Waals surface area (Å²) >= 11 is 5.93. The van der Waals surface area contributed by atoms with Crippen molar-refractivity contribution in [3.8, 4) is 5.75 Å². The van der Waals surface area contributed by atoms with Crippen molar-refractivity contribution in [2.75, 3.05) is 14.2 Å². The Morgan fingerprint density at radius 3 is 2.56 bits per heavy atom. The maximum Gasteiger partial charge on any atom is 0.313 e. The van der Waals surface area contributed by atoms with Crippen molar-refractivity contribution >= 4 is 23.4 Å². The van der Waals surface area contributed by atoms with Crippen LogP contribution in [0.2, 0.25) is 5.02 Å². The summed E-state index contributed by atoms with van der Waals surface area (Å²) in [6.07, 6.45) is -0.330. The minimum Gasteiger partial charge on any atom is -0.495 e. The van der Waals surface area contributed by atoms with Gasteiger partial charge in [-0.05, 0) is 12.1 Å². The first-order valence-corrected chi connectivity index (χ1v) is 4.90. The number of esters is 1. The number of hydrogen-bond acceptors (Lipinski definition) is 4. The first-order valence-electron chi connectivity index (χ1n) is 4.52. The first-order chi connectivity index (χ1) is 7.60. The number of carbonyl (C=O) groups excluding carboxylic acids is 2. The molecule has 0 saturated carbocycles. The molecular weight excluding hydrogens is 232 g/mol. The van der Waals surface area contributed by atoms with Gasteiger partial charge >= 0.3 is 5.97 Å². The summed E-state index contributed by atoms with van der Waals surface area (Å²) in [5, 5.41) is 0.207. The first kappa shape index (κ1) is 12.5. The molecule has 0 unspecified atom stereocenters. The van der Waals surface area contributed by atoms with Crippen LogP contribution in [-0.2, 0) is 9.53 Å². The lowest BCUT2D eigenvalue weighted by atomic mass is 10.1. The maximum atomic E-state index is 11.7. The van der Waals surface area contributed by atoms with Gasteiger partial charge in [-0.3, -0.25) is 9.59 Å². The highest BCUT2D eigenvalue weighted by Gasteiger charge is 2.17. The zero-order valence-corrected chi connectivity index (χ0v) is 9.71. The second kappa shape index (κ2) is 5.51. The fraction of sp³-hybridized carbons (Fsp3) is 0.273. The number of methoxy groups -OCH3 is 2. The lowest BCUT2D eigenvalue weighted by Crippen LogP contribution is -2.10. The predicted octanol–water partition coefficient (Wildman–Crippen LogP) is 2.09. The van der Waals surface area contributed by atoms with Crippen molar-refractivity contribution in [1.82, 2.24) is 0 Å². The van der Waals surface area contributed by atoms with Gasteiger partial charge in [0.2, 0.25) is 0 Å². The van der Waals surface area contributed by atoms with Crippen LogP contribution in [0.4, 0.5) is 0 Å². The molecule has 1 rings (SSSR count). The van der Waals surface area contributed by atoms with Gasteiger partial charge in [-0.1, -0.05) is 17.7 Å². The summed E-state index contributed by atoms with van der Waals surface area (Å²) in [5.74, 6) is -0.586. The second-order valence-electron chi connectivity index (χ2n) is 3.00. The molecule has 0 atom stereocenters. The van der Waals surface area contributed by atoms with Gasteiger partial charge in [-0.15, -0.1) is 0 Å². The average Bonchev–Trinajstić information content (AvgIpc) is 2.29. The molecule has 4 nitrogen and oxygen atoms in total. The lowest BCUT2D eigenvalue weighted by Gasteiger charge is -2.06. The van der Waals surface area contributed by atoms with E-state index in [1.165, 1.54) is 20.3 Å². The minimum absolute atomic E-state index is 0.207. The standard InChI is InChI=1S/C11H11ClO4/c1-15-9-5-3-4-7(11(9)12)8(13)6-10(14)16-2/h3-5H,6H2,1-2H3. The number of hydrogen-bond donors (Lipinski definition) is 0. The normalized spacial score (nSPS) is 9.69. The molecule has 0 aliphatic rings. The fourth-order valence-corrected chi connectivity index (χ4v) is 1.49. The molecule has 5 heteroatoms. The van der Waals surface area contributed by atoms with Crippen molar-refractivity contribution in [2.45, 2.75) is 6.42 Å². The van der Waals surface area contributed by atoms with Crippen molar-refractivity contribution in [2.24, 2.45) is 0 Å². The number of benzene rings is 1. The smallest absolute Gasteiger partial charge is 0.313 e. The molecule has 0 N–H and O–H groups in total. The Morgan fingerprint density at radius 1 is 1.31 bits per heavy atom. The Hall–Kier alpha value is -1.55. The van der Waals surface area contributed by atoms with E-state index in [9.17, 15) is 9.59 Å². The quantitative estimate of drug-likeness (QED) is 0.461. The van der Waals surface area contributed by atoms with E-state index in [-0.39, 0.29) is 17.0 Å². The van der Waals surface area contributed by atoms with Crippen LogP contribution in [0, 0.1) is 0 Å². The number of ketones is 1. The molecule has 16 heavy (non-hydrogen) atoms. The molecule has 0 saturated heterocycles. The highest BCUT2D eigenvalue weighted by Crippen LogP contribution is 2.28. The SMILES string of the molecule is COC(=O)CC(=O)c1cccc(OC)c1Cl. The Labute approximate surface area is 98.1 Å². The molecule has 0 aliphatic carbocycles. The number of carbonyl (C=O) groups is 2. The van der Waals surface area contributed by atoms with Gasteiger partial charge in [0.05, 0.1) is 19.2 Å². The van der Waals surface area contributed by atoms with E-state index in [4.69, 9.17) is 16.3 Å². The zero-order valence-electron chi connectivity index (χ0n) is 8.95.